The molecule has 2 amide bonds. The van der Waals surface area contributed by atoms with Crippen molar-refractivity contribution >= 4 is 11.8 Å². The molecule has 1 saturated carbocycles. The molecule has 0 heterocycles. The minimum atomic E-state index is -0.548. The Morgan fingerprint density at radius 2 is 1.95 bits per heavy atom. The highest BCUT2D eigenvalue weighted by Crippen LogP contribution is 2.18. The molecule has 1 aromatic rings. The van der Waals surface area contributed by atoms with Crippen LogP contribution >= 0.6 is 0 Å². The van der Waals surface area contributed by atoms with Gasteiger partial charge < -0.3 is 16.4 Å². The molecule has 1 fully saturated rings. The third kappa shape index (κ3) is 5.95. The number of nitrogens with two attached hydrogens (primary N) is 1. The van der Waals surface area contributed by atoms with Crippen molar-refractivity contribution in [2.24, 2.45) is 5.73 Å². The van der Waals surface area contributed by atoms with Gasteiger partial charge in [-0.3, -0.25) is 9.59 Å². The fourth-order valence-electron chi connectivity index (χ4n) is 2.08. The maximum atomic E-state index is 11.8. The van der Waals surface area contributed by atoms with Crippen LogP contribution in [0.5, 0.6) is 0 Å². The molecular formula is C16H23N3O2. The molecule has 2 rings (SSSR count). The van der Waals surface area contributed by atoms with Gasteiger partial charge >= 0.3 is 0 Å². The fourth-order valence-corrected chi connectivity index (χ4v) is 2.08. The van der Waals surface area contributed by atoms with Crippen molar-refractivity contribution in [1.82, 2.24) is 10.6 Å². The predicted octanol–water partition coefficient (Wildman–Crippen LogP) is 0.731. The second-order valence-corrected chi connectivity index (χ2v) is 5.53. The lowest BCUT2D eigenvalue weighted by Crippen LogP contribution is -2.42. The summed E-state index contributed by atoms with van der Waals surface area (Å²) in [7, 11) is 0. The van der Waals surface area contributed by atoms with Crippen molar-refractivity contribution in [1.29, 1.82) is 0 Å². The third-order valence-electron chi connectivity index (χ3n) is 3.46. The Morgan fingerprint density at radius 3 is 2.62 bits per heavy atom. The van der Waals surface area contributed by atoms with E-state index in [9.17, 15) is 9.59 Å². The summed E-state index contributed by atoms with van der Waals surface area (Å²) < 4.78 is 0. The standard InChI is InChI=1S/C16H23N3O2/c17-14(11-12-5-2-1-3-6-12)16(21)18-10-4-7-15(20)19-13-8-9-13/h1-3,5-6,13-14H,4,7-11,17H2,(H,18,21)(H,19,20)/t14-/m1/s1. The minimum absolute atomic E-state index is 0.0698. The molecule has 1 atom stereocenters. The van der Waals surface area contributed by atoms with Gasteiger partial charge in [-0.05, 0) is 31.2 Å². The lowest BCUT2D eigenvalue weighted by Gasteiger charge is -2.12. The van der Waals surface area contributed by atoms with Gasteiger partial charge in [0.15, 0.2) is 0 Å². The second-order valence-electron chi connectivity index (χ2n) is 5.53. The van der Waals surface area contributed by atoms with Gasteiger partial charge in [-0.25, -0.2) is 0 Å². The van der Waals surface area contributed by atoms with Crippen LogP contribution in [0.2, 0.25) is 0 Å². The highest BCUT2D eigenvalue weighted by atomic mass is 16.2. The number of hydrogen-bond acceptors (Lipinski definition) is 3. The zero-order valence-corrected chi connectivity index (χ0v) is 12.2. The summed E-state index contributed by atoms with van der Waals surface area (Å²) in [5.41, 5.74) is 6.92. The van der Waals surface area contributed by atoms with E-state index in [0.717, 1.165) is 18.4 Å². The Labute approximate surface area is 125 Å². The van der Waals surface area contributed by atoms with Gasteiger partial charge in [0.2, 0.25) is 11.8 Å². The van der Waals surface area contributed by atoms with Crippen LogP contribution in [0, 0.1) is 0 Å². The third-order valence-corrected chi connectivity index (χ3v) is 3.46. The molecule has 5 nitrogen and oxygen atoms in total. The number of carbonyl (C=O) groups excluding carboxylic acids is 2. The van der Waals surface area contributed by atoms with E-state index in [1.807, 2.05) is 30.3 Å². The van der Waals surface area contributed by atoms with Gasteiger partial charge in [0, 0.05) is 19.0 Å². The van der Waals surface area contributed by atoms with Crippen LogP contribution in [0.1, 0.15) is 31.2 Å². The SMILES string of the molecule is N[C@H](Cc1ccccc1)C(=O)NCCCC(=O)NC1CC1. The number of rotatable bonds is 8. The number of carbonyl (C=O) groups is 2. The van der Waals surface area contributed by atoms with Gasteiger partial charge in [-0.15, -0.1) is 0 Å². The van der Waals surface area contributed by atoms with Gasteiger partial charge in [0.05, 0.1) is 6.04 Å². The average Bonchev–Trinajstić information content (AvgIpc) is 3.28. The largest absolute Gasteiger partial charge is 0.355 e. The van der Waals surface area contributed by atoms with Crippen molar-refractivity contribution in [3.63, 3.8) is 0 Å². The fraction of sp³-hybridized carbons (Fsp3) is 0.500. The molecule has 0 aliphatic heterocycles. The van der Waals surface area contributed by atoms with E-state index in [0.29, 0.717) is 31.8 Å². The molecular weight excluding hydrogens is 266 g/mol. The van der Waals surface area contributed by atoms with E-state index < -0.39 is 6.04 Å². The summed E-state index contributed by atoms with van der Waals surface area (Å²) in [6.07, 6.45) is 3.80. The van der Waals surface area contributed by atoms with Crippen LogP contribution in [-0.2, 0) is 16.0 Å². The molecule has 1 aliphatic carbocycles. The van der Waals surface area contributed by atoms with E-state index in [2.05, 4.69) is 10.6 Å². The molecule has 0 aromatic heterocycles. The van der Waals surface area contributed by atoms with Gasteiger partial charge in [0.1, 0.15) is 0 Å². The maximum Gasteiger partial charge on any atom is 0.237 e. The summed E-state index contributed by atoms with van der Waals surface area (Å²) >= 11 is 0. The highest BCUT2D eigenvalue weighted by molar-refractivity contribution is 5.82. The molecule has 0 spiro atoms. The van der Waals surface area contributed by atoms with E-state index >= 15 is 0 Å². The van der Waals surface area contributed by atoms with Crippen LogP contribution in [0.25, 0.3) is 0 Å². The van der Waals surface area contributed by atoms with E-state index in [4.69, 9.17) is 5.73 Å². The predicted molar refractivity (Wildman–Crippen MR) is 81.5 cm³/mol. The number of hydrogen-bond donors (Lipinski definition) is 3. The smallest absolute Gasteiger partial charge is 0.237 e. The quantitative estimate of drug-likeness (QED) is 0.617. The normalized spacial score (nSPS) is 15.3. The number of nitrogens with one attached hydrogen (secondary N) is 2. The summed E-state index contributed by atoms with van der Waals surface area (Å²) in [5, 5.41) is 5.70. The summed E-state index contributed by atoms with van der Waals surface area (Å²) in [4.78, 5) is 23.3. The molecule has 1 aliphatic rings. The first-order valence-electron chi connectivity index (χ1n) is 7.52. The molecule has 1 aromatic carbocycles. The Morgan fingerprint density at radius 1 is 1.24 bits per heavy atom. The average molecular weight is 289 g/mol. The zero-order valence-electron chi connectivity index (χ0n) is 12.2. The Kier molecular flexibility index (Phi) is 5.75. The molecule has 0 radical (unpaired) electrons. The maximum absolute atomic E-state index is 11.8. The lowest BCUT2D eigenvalue weighted by molar-refractivity contribution is -0.123. The van der Waals surface area contributed by atoms with Crippen LogP contribution in [-0.4, -0.2) is 30.4 Å². The number of amides is 2. The van der Waals surface area contributed by atoms with E-state index in [-0.39, 0.29) is 11.8 Å². The molecule has 4 N–H and O–H groups in total. The van der Waals surface area contributed by atoms with Crippen molar-refractivity contribution in [3.8, 4) is 0 Å². The van der Waals surface area contributed by atoms with Crippen LogP contribution in [0.4, 0.5) is 0 Å². The Bertz CT molecular complexity index is 472. The summed E-state index contributed by atoms with van der Waals surface area (Å²) in [6.45, 7) is 0.486. The van der Waals surface area contributed by atoms with Crippen molar-refractivity contribution in [2.45, 2.75) is 44.2 Å². The van der Waals surface area contributed by atoms with E-state index in [1.54, 1.807) is 0 Å². The molecule has 0 bridgehead atoms. The lowest BCUT2D eigenvalue weighted by atomic mass is 10.1. The Balaban J connectivity index is 1.58. The number of benzene rings is 1. The summed E-state index contributed by atoms with van der Waals surface area (Å²) in [5.74, 6) is -0.0956. The molecule has 0 saturated heterocycles. The molecule has 5 heteroatoms. The monoisotopic (exact) mass is 289 g/mol. The Hall–Kier alpha value is -1.88. The first kappa shape index (κ1) is 15.5. The van der Waals surface area contributed by atoms with Gasteiger partial charge in [-0.1, -0.05) is 30.3 Å². The minimum Gasteiger partial charge on any atom is -0.355 e. The topological polar surface area (TPSA) is 84.2 Å². The van der Waals surface area contributed by atoms with Crippen LogP contribution in [0.3, 0.4) is 0 Å². The molecule has 0 unspecified atom stereocenters. The van der Waals surface area contributed by atoms with Gasteiger partial charge in [-0.2, -0.15) is 0 Å². The van der Waals surface area contributed by atoms with Crippen LogP contribution in [0.15, 0.2) is 30.3 Å². The van der Waals surface area contributed by atoms with Crippen molar-refractivity contribution < 1.29 is 9.59 Å². The second kappa shape index (κ2) is 7.78. The van der Waals surface area contributed by atoms with Crippen LogP contribution < -0.4 is 16.4 Å². The van der Waals surface area contributed by atoms with Crippen molar-refractivity contribution in [3.05, 3.63) is 35.9 Å². The highest BCUT2D eigenvalue weighted by Gasteiger charge is 2.22. The summed E-state index contributed by atoms with van der Waals surface area (Å²) in [6, 6.07) is 9.54. The van der Waals surface area contributed by atoms with E-state index in [1.165, 1.54) is 0 Å². The zero-order chi connectivity index (χ0) is 15.1. The van der Waals surface area contributed by atoms with Crippen molar-refractivity contribution in [2.75, 3.05) is 6.54 Å². The first-order chi connectivity index (χ1) is 10.1. The molecule has 21 heavy (non-hydrogen) atoms. The van der Waals surface area contributed by atoms with Gasteiger partial charge in [0.25, 0.3) is 0 Å². The molecule has 114 valence electrons. The first-order valence-corrected chi connectivity index (χ1v) is 7.52.